The summed E-state index contributed by atoms with van der Waals surface area (Å²) in [6.07, 6.45) is 5.17. The van der Waals surface area contributed by atoms with Crippen molar-refractivity contribution < 1.29 is 18.3 Å². The second-order valence-electron chi connectivity index (χ2n) is 6.91. The van der Waals surface area contributed by atoms with E-state index in [0.29, 0.717) is 18.4 Å². The van der Waals surface area contributed by atoms with E-state index in [9.17, 15) is 13.6 Å². The number of halogens is 2. The number of carbonyl (C=O) groups is 1. The van der Waals surface area contributed by atoms with E-state index in [2.05, 4.69) is 5.32 Å². The summed E-state index contributed by atoms with van der Waals surface area (Å²) in [6, 6.07) is 3.40. The molecule has 2 aliphatic carbocycles. The third-order valence-electron chi connectivity index (χ3n) is 5.34. The topological polar surface area (TPSA) is 64.4 Å². The Morgan fingerprint density at radius 1 is 1.25 bits per heavy atom. The maximum Gasteiger partial charge on any atom is 0.223 e. The van der Waals surface area contributed by atoms with Crippen LogP contribution in [0.2, 0.25) is 0 Å². The van der Waals surface area contributed by atoms with Crippen molar-refractivity contribution in [2.45, 2.75) is 38.1 Å². The van der Waals surface area contributed by atoms with Crippen LogP contribution in [-0.2, 0) is 4.79 Å². The lowest BCUT2D eigenvalue weighted by Gasteiger charge is -2.43. The average Bonchev–Trinajstić information content (AvgIpc) is 2.52. The van der Waals surface area contributed by atoms with Gasteiger partial charge < -0.3 is 15.8 Å². The molecule has 3 N–H and O–H groups in total. The maximum atomic E-state index is 13.4. The summed E-state index contributed by atoms with van der Waals surface area (Å²) in [7, 11) is 0. The van der Waals surface area contributed by atoms with Gasteiger partial charge in [-0.15, -0.1) is 0 Å². The monoisotopic (exact) mass is 338 g/mol. The third-order valence-corrected chi connectivity index (χ3v) is 5.34. The molecule has 6 heteroatoms. The number of hydrogen-bond donors (Lipinski definition) is 2. The molecule has 2 unspecified atom stereocenters. The molecule has 2 saturated carbocycles. The Morgan fingerprint density at radius 3 is 2.62 bits per heavy atom. The Morgan fingerprint density at radius 2 is 1.96 bits per heavy atom. The van der Waals surface area contributed by atoms with E-state index in [1.807, 2.05) is 0 Å². The minimum absolute atomic E-state index is 0.0104. The van der Waals surface area contributed by atoms with Crippen LogP contribution in [0.1, 0.15) is 32.1 Å². The summed E-state index contributed by atoms with van der Waals surface area (Å²) in [4.78, 5) is 12.3. The number of hydrogen-bond acceptors (Lipinski definition) is 3. The lowest BCUT2D eigenvalue weighted by Crippen LogP contribution is -2.49. The first-order valence-corrected chi connectivity index (χ1v) is 8.65. The van der Waals surface area contributed by atoms with Crippen molar-refractivity contribution in [2.75, 3.05) is 13.2 Å². The first-order chi connectivity index (χ1) is 11.5. The highest BCUT2D eigenvalue weighted by molar-refractivity contribution is 5.78. The second-order valence-corrected chi connectivity index (χ2v) is 6.91. The molecule has 1 aromatic rings. The summed E-state index contributed by atoms with van der Waals surface area (Å²) in [5, 5.41) is 2.86. The zero-order valence-electron chi connectivity index (χ0n) is 13.6. The summed E-state index contributed by atoms with van der Waals surface area (Å²) < 4.78 is 31.5. The fourth-order valence-corrected chi connectivity index (χ4v) is 4.08. The molecule has 0 spiro atoms. The van der Waals surface area contributed by atoms with Crippen LogP contribution in [-0.4, -0.2) is 25.1 Å². The van der Waals surface area contributed by atoms with Gasteiger partial charge in [0.15, 0.2) is 11.6 Å². The SMILES string of the molecule is NC1C2CCCC1CC(C(=O)NCCOc1ccc(F)cc1F)C2. The van der Waals surface area contributed by atoms with Crippen molar-refractivity contribution >= 4 is 5.91 Å². The van der Waals surface area contributed by atoms with Crippen LogP contribution in [0.3, 0.4) is 0 Å². The molecule has 1 aromatic carbocycles. The number of nitrogens with two attached hydrogens (primary N) is 1. The van der Waals surface area contributed by atoms with Gasteiger partial charge in [-0.05, 0) is 49.7 Å². The summed E-state index contributed by atoms with van der Waals surface area (Å²) in [6.45, 7) is 0.445. The van der Waals surface area contributed by atoms with Crippen LogP contribution >= 0.6 is 0 Å². The van der Waals surface area contributed by atoms with Crippen LogP contribution in [0.25, 0.3) is 0 Å². The summed E-state index contributed by atoms with van der Waals surface area (Å²) >= 11 is 0. The van der Waals surface area contributed by atoms with E-state index >= 15 is 0 Å². The molecule has 0 radical (unpaired) electrons. The third kappa shape index (κ3) is 3.86. The number of amides is 1. The molecular weight excluding hydrogens is 314 g/mol. The molecule has 2 aliphatic rings. The highest BCUT2D eigenvalue weighted by Gasteiger charge is 2.40. The Labute approximate surface area is 140 Å². The normalized spacial score (nSPS) is 29.1. The quantitative estimate of drug-likeness (QED) is 0.811. The van der Waals surface area contributed by atoms with Crippen molar-refractivity contribution in [3.8, 4) is 5.75 Å². The fourth-order valence-electron chi connectivity index (χ4n) is 4.08. The number of nitrogens with one attached hydrogen (secondary N) is 1. The second kappa shape index (κ2) is 7.47. The molecule has 132 valence electrons. The molecule has 3 rings (SSSR count). The lowest BCUT2D eigenvalue weighted by atomic mass is 9.65. The van der Waals surface area contributed by atoms with Gasteiger partial charge >= 0.3 is 0 Å². The largest absolute Gasteiger partial charge is 0.489 e. The Bertz CT molecular complexity index is 582. The molecule has 2 bridgehead atoms. The van der Waals surface area contributed by atoms with E-state index in [0.717, 1.165) is 37.8 Å². The van der Waals surface area contributed by atoms with Crippen LogP contribution < -0.4 is 15.8 Å². The molecule has 0 aliphatic heterocycles. The minimum Gasteiger partial charge on any atom is -0.489 e. The van der Waals surface area contributed by atoms with E-state index in [-0.39, 0.29) is 30.2 Å². The number of fused-ring (bicyclic) bond motifs is 2. The molecule has 0 heterocycles. The first kappa shape index (κ1) is 17.1. The van der Waals surface area contributed by atoms with Gasteiger partial charge in [-0.1, -0.05) is 6.42 Å². The molecule has 0 aromatic heterocycles. The van der Waals surface area contributed by atoms with Crippen molar-refractivity contribution in [1.29, 1.82) is 0 Å². The Balaban J connectivity index is 1.43. The van der Waals surface area contributed by atoms with E-state index < -0.39 is 11.6 Å². The van der Waals surface area contributed by atoms with Crippen LogP contribution in [0.15, 0.2) is 18.2 Å². The molecule has 4 nitrogen and oxygen atoms in total. The van der Waals surface area contributed by atoms with Crippen LogP contribution in [0, 0.1) is 29.4 Å². The zero-order valence-corrected chi connectivity index (χ0v) is 13.6. The van der Waals surface area contributed by atoms with Crippen LogP contribution in [0.5, 0.6) is 5.75 Å². The highest BCUT2D eigenvalue weighted by Crippen LogP contribution is 2.41. The van der Waals surface area contributed by atoms with Gasteiger partial charge in [0, 0.05) is 18.0 Å². The van der Waals surface area contributed by atoms with Crippen molar-refractivity contribution in [2.24, 2.45) is 23.5 Å². The van der Waals surface area contributed by atoms with Gasteiger partial charge in [-0.3, -0.25) is 4.79 Å². The standard InChI is InChI=1S/C18H24F2N2O2/c19-14-4-5-16(15(20)10-14)24-7-6-22-18(23)13-8-11-2-1-3-12(9-13)17(11)21/h4-5,10-13,17H,1-3,6-9,21H2,(H,22,23). The van der Waals surface area contributed by atoms with Gasteiger partial charge in [0.05, 0.1) is 6.54 Å². The number of carbonyl (C=O) groups excluding carboxylic acids is 1. The average molecular weight is 338 g/mol. The van der Waals surface area contributed by atoms with Gasteiger partial charge in [0.1, 0.15) is 12.4 Å². The van der Waals surface area contributed by atoms with Gasteiger partial charge in [-0.2, -0.15) is 0 Å². The van der Waals surface area contributed by atoms with Gasteiger partial charge in [0.2, 0.25) is 5.91 Å². The van der Waals surface area contributed by atoms with Crippen molar-refractivity contribution in [3.63, 3.8) is 0 Å². The Kier molecular flexibility index (Phi) is 5.33. The first-order valence-electron chi connectivity index (χ1n) is 8.65. The predicted octanol–water partition coefficient (Wildman–Crippen LogP) is 2.61. The van der Waals surface area contributed by atoms with Gasteiger partial charge in [-0.25, -0.2) is 8.78 Å². The predicted molar refractivity (Wildman–Crippen MR) is 86.4 cm³/mol. The van der Waals surface area contributed by atoms with Crippen molar-refractivity contribution in [3.05, 3.63) is 29.8 Å². The number of ether oxygens (including phenoxy) is 1. The minimum atomic E-state index is -0.740. The van der Waals surface area contributed by atoms with Crippen molar-refractivity contribution in [1.82, 2.24) is 5.32 Å². The van der Waals surface area contributed by atoms with E-state index in [4.69, 9.17) is 10.5 Å². The zero-order chi connectivity index (χ0) is 17.1. The maximum absolute atomic E-state index is 13.4. The number of benzene rings is 1. The summed E-state index contributed by atoms with van der Waals surface area (Å²) in [5.41, 5.74) is 6.24. The molecule has 1 amide bonds. The fraction of sp³-hybridized carbons (Fsp3) is 0.611. The molecule has 0 saturated heterocycles. The Hall–Kier alpha value is -1.69. The molecule has 2 atom stereocenters. The summed E-state index contributed by atoms with van der Waals surface area (Å²) in [5.74, 6) is -0.436. The molecular formula is C18H24F2N2O2. The van der Waals surface area contributed by atoms with Gasteiger partial charge in [0.25, 0.3) is 0 Å². The molecule has 24 heavy (non-hydrogen) atoms. The van der Waals surface area contributed by atoms with E-state index in [1.165, 1.54) is 12.5 Å². The smallest absolute Gasteiger partial charge is 0.223 e. The lowest BCUT2D eigenvalue weighted by molar-refractivity contribution is -0.128. The van der Waals surface area contributed by atoms with E-state index in [1.54, 1.807) is 0 Å². The van der Waals surface area contributed by atoms with Crippen LogP contribution in [0.4, 0.5) is 8.78 Å². The highest BCUT2D eigenvalue weighted by atomic mass is 19.1. The molecule has 2 fully saturated rings. The number of rotatable bonds is 5.